The van der Waals surface area contributed by atoms with E-state index in [-0.39, 0.29) is 5.91 Å². The van der Waals surface area contributed by atoms with Crippen LogP contribution in [0.15, 0.2) is 85.3 Å². The molecule has 4 rings (SSSR count). The van der Waals surface area contributed by atoms with Crippen molar-refractivity contribution in [1.82, 2.24) is 19.9 Å². The SMILES string of the molecule is CCN(Cc1ccncc1)C(=O)c1ccc(Nc2nccc(-c3ccc(Cl)cc3)n2)cc1. The van der Waals surface area contributed by atoms with E-state index in [0.29, 0.717) is 29.6 Å². The van der Waals surface area contributed by atoms with Gasteiger partial charge in [0.15, 0.2) is 0 Å². The lowest BCUT2D eigenvalue weighted by Gasteiger charge is -2.21. The molecule has 1 amide bonds. The van der Waals surface area contributed by atoms with Gasteiger partial charge in [0.25, 0.3) is 5.91 Å². The van der Waals surface area contributed by atoms with Gasteiger partial charge in [-0.3, -0.25) is 9.78 Å². The molecule has 0 aliphatic rings. The molecule has 0 saturated carbocycles. The Hall–Kier alpha value is -3.77. The number of amides is 1. The molecule has 4 aromatic rings. The molecule has 2 aromatic carbocycles. The predicted octanol–water partition coefficient (Wildman–Crippen LogP) is 5.60. The number of carbonyl (C=O) groups is 1. The molecule has 0 bridgehead atoms. The normalized spacial score (nSPS) is 10.6. The van der Waals surface area contributed by atoms with Crippen molar-refractivity contribution in [3.8, 4) is 11.3 Å². The number of benzene rings is 2. The van der Waals surface area contributed by atoms with Crippen molar-refractivity contribution in [2.45, 2.75) is 13.5 Å². The zero-order valence-electron chi connectivity index (χ0n) is 17.6. The Balaban J connectivity index is 1.45. The molecule has 2 heterocycles. The minimum atomic E-state index is -0.0168. The van der Waals surface area contributed by atoms with Crippen molar-refractivity contribution in [3.63, 3.8) is 0 Å². The lowest BCUT2D eigenvalue weighted by atomic mass is 10.1. The summed E-state index contributed by atoms with van der Waals surface area (Å²) in [7, 11) is 0. The van der Waals surface area contributed by atoms with E-state index in [2.05, 4.69) is 20.3 Å². The van der Waals surface area contributed by atoms with Gasteiger partial charge in [-0.2, -0.15) is 0 Å². The van der Waals surface area contributed by atoms with Crippen LogP contribution in [0.3, 0.4) is 0 Å². The highest BCUT2D eigenvalue weighted by atomic mass is 35.5. The first-order chi connectivity index (χ1) is 15.6. The van der Waals surface area contributed by atoms with E-state index in [4.69, 9.17) is 11.6 Å². The Labute approximate surface area is 191 Å². The Morgan fingerprint density at radius 1 is 0.938 bits per heavy atom. The summed E-state index contributed by atoms with van der Waals surface area (Å²) in [5, 5.41) is 3.87. The maximum atomic E-state index is 12.9. The first-order valence-electron chi connectivity index (χ1n) is 10.3. The van der Waals surface area contributed by atoms with Crippen LogP contribution in [0, 0.1) is 0 Å². The summed E-state index contributed by atoms with van der Waals surface area (Å²) in [6, 6.07) is 20.5. The molecule has 0 radical (unpaired) electrons. The summed E-state index contributed by atoms with van der Waals surface area (Å²) in [4.78, 5) is 27.6. The van der Waals surface area contributed by atoms with Crippen molar-refractivity contribution in [1.29, 1.82) is 0 Å². The summed E-state index contributed by atoms with van der Waals surface area (Å²) in [5.74, 6) is 0.459. The molecular formula is C25H22ClN5O. The molecule has 1 N–H and O–H groups in total. The molecule has 6 nitrogen and oxygen atoms in total. The van der Waals surface area contributed by atoms with E-state index in [9.17, 15) is 4.79 Å². The fraction of sp³-hybridized carbons (Fsp3) is 0.120. The molecule has 2 aromatic heterocycles. The van der Waals surface area contributed by atoms with E-state index in [1.54, 1.807) is 23.5 Å². The Morgan fingerprint density at radius 2 is 1.66 bits per heavy atom. The van der Waals surface area contributed by atoms with E-state index >= 15 is 0 Å². The molecule has 0 atom stereocenters. The van der Waals surface area contributed by atoms with Gasteiger partial charge in [-0.25, -0.2) is 9.97 Å². The maximum Gasteiger partial charge on any atom is 0.254 e. The number of hydrogen-bond acceptors (Lipinski definition) is 5. The van der Waals surface area contributed by atoms with Crippen LogP contribution < -0.4 is 5.32 Å². The molecular weight excluding hydrogens is 422 g/mol. The second-order valence-electron chi connectivity index (χ2n) is 7.15. The quantitative estimate of drug-likeness (QED) is 0.402. The van der Waals surface area contributed by atoms with E-state index in [0.717, 1.165) is 22.5 Å². The minimum Gasteiger partial charge on any atom is -0.335 e. The van der Waals surface area contributed by atoms with Crippen LogP contribution in [0.5, 0.6) is 0 Å². The monoisotopic (exact) mass is 443 g/mol. The van der Waals surface area contributed by atoms with Crippen LogP contribution in [0.4, 0.5) is 11.6 Å². The highest BCUT2D eigenvalue weighted by molar-refractivity contribution is 6.30. The first kappa shape index (κ1) is 21.5. The summed E-state index contributed by atoms with van der Waals surface area (Å²) < 4.78 is 0. The first-order valence-corrected chi connectivity index (χ1v) is 10.6. The van der Waals surface area contributed by atoms with Crippen LogP contribution in [0.25, 0.3) is 11.3 Å². The molecule has 0 fully saturated rings. The molecule has 0 unspecified atom stereocenters. The molecule has 0 aliphatic carbocycles. The average molecular weight is 444 g/mol. The van der Waals surface area contributed by atoms with Gasteiger partial charge < -0.3 is 10.2 Å². The number of aromatic nitrogens is 3. The molecule has 7 heteroatoms. The van der Waals surface area contributed by atoms with Gasteiger partial charge in [-0.15, -0.1) is 0 Å². The summed E-state index contributed by atoms with van der Waals surface area (Å²) >= 11 is 5.97. The standard InChI is InChI=1S/C25H22ClN5O/c1-2-31(17-18-11-14-27-15-12-18)24(32)20-5-9-22(10-6-20)29-25-28-16-13-23(30-25)19-3-7-21(26)8-4-19/h3-16H,2,17H2,1H3,(H,28,29,30). The van der Waals surface area contributed by atoms with Crippen LogP contribution >= 0.6 is 11.6 Å². The average Bonchev–Trinajstić information content (AvgIpc) is 2.84. The van der Waals surface area contributed by atoms with Gasteiger partial charge in [-0.1, -0.05) is 23.7 Å². The van der Waals surface area contributed by atoms with Crippen LogP contribution in [-0.2, 0) is 6.54 Å². The van der Waals surface area contributed by atoms with Crippen molar-refractivity contribution in [3.05, 3.63) is 101 Å². The highest BCUT2D eigenvalue weighted by Crippen LogP contribution is 2.22. The number of anilines is 2. The van der Waals surface area contributed by atoms with Crippen molar-refractivity contribution in [2.24, 2.45) is 0 Å². The smallest absolute Gasteiger partial charge is 0.254 e. The van der Waals surface area contributed by atoms with E-state index in [1.165, 1.54) is 0 Å². The fourth-order valence-corrected chi connectivity index (χ4v) is 3.37. The van der Waals surface area contributed by atoms with Crippen LogP contribution in [-0.4, -0.2) is 32.3 Å². The number of rotatable bonds is 7. The van der Waals surface area contributed by atoms with Gasteiger partial charge >= 0.3 is 0 Å². The van der Waals surface area contributed by atoms with Crippen LogP contribution in [0.1, 0.15) is 22.8 Å². The van der Waals surface area contributed by atoms with Gasteiger partial charge in [-0.05, 0) is 67.1 Å². The highest BCUT2D eigenvalue weighted by Gasteiger charge is 2.14. The summed E-state index contributed by atoms with van der Waals surface area (Å²) in [6.07, 6.45) is 5.17. The largest absolute Gasteiger partial charge is 0.335 e. The molecule has 0 spiro atoms. The van der Waals surface area contributed by atoms with Crippen molar-refractivity contribution < 1.29 is 4.79 Å². The van der Waals surface area contributed by atoms with E-state index in [1.807, 2.05) is 73.7 Å². The topological polar surface area (TPSA) is 71.0 Å². The zero-order chi connectivity index (χ0) is 22.3. The number of hydrogen-bond donors (Lipinski definition) is 1. The summed E-state index contributed by atoms with van der Waals surface area (Å²) in [5.41, 5.74) is 4.22. The number of halogens is 1. The number of nitrogens with zero attached hydrogens (tertiary/aromatic N) is 4. The van der Waals surface area contributed by atoms with Gasteiger partial charge in [0.1, 0.15) is 0 Å². The number of pyridine rings is 1. The second-order valence-corrected chi connectivity index (χ2v) is 7.59. The van der Waals surface area contributed by atoms with Crippen molar-refractivity contribution in [2.75, 3.05) is 11.9 Å². The molecule has 0 saturated heterocycles. The Morgan fingerprint density at radius 3 is 2.34 bits per heavy atom. The zero-order valence-corrected chi connectivity index (χ0v) is 18.3. The third-order valence-corrected chi connectivity index (χ3v) is 5.23. The lowest BCUT2D eigenvalue weighted by molar-refractivity contribution is 0.0752. The molecule has 32 heavy (non-hydrogen) atoms. The van der Waals surface area contributed by atoms with Gasteiger partial charge in [0, 0.05) is 53.5 Å². The van der Waals surface area contributed by atoms with E-state index < -0.39 is 0 Å². The Kier molecular flexibility index (Phi) is 6.72. The van der Waals surface area contributed by atoms with Gasteiger partial charge in [0.2, 0.25) is 5.95 Å². The minimum absolute atomic E-state index is 0.0168. The number of carbonyl (C=O) groups excluding carboxylic acids is 1. The van der Waals surface area contributed by atoms with Gasteiger partial charge in [0.05, 0.1) is 5.69 Å². The maximum absolute atomic E-state index is 12.9. The lowest BCUT2D eigenvalue weighted by Crippen LogP contribution is -2.30. The third-order valence-electron chi connectivity index (χ3n) is 4.98. The molecule has 160 valence electrons. The fourth-order valence-electron chi connectivity index (χ4n) is 3.24. The van der Waals surface area contributed by atoms with Crippen molar-refractivity contribution >= 4 is 29.1 Å². The predicted molar refractivity (Wildman–Crippen MR) is 127 cm³/mol. The molecule has 0 aliphatic heterocycles. The number of nitrogens with one attached hydrogen (secondary N) is 1. The second kappa shape index (κ2) is 10.0. The third kappa shape index (κ3) is 5.28. The van der Waals surface area contributed by atoms with Crippen LogP contribution in [0.2, 0.25) is 5.02 Å². The summed E-state index contributed by atoms with van der Waals surface area (Å²) in [6.45, 7) is 3.13. The Bertz CT molecular complexity index is 1180.